The zero-order valence-corrected chi connectivity index (χ0v) is 6.32. The van der Waals surface area contributed by atoms with Crippen molar-refractivity contribution in [2.75, 3.05) is 11.9 Å². The molecule has 1 N–H and O–H groups in total. The first kappa shape index (κ1) is 6.97. The van der Waals surface area contributed by atoms with Gasteiger partial charge in [0.15, 0.2) is 0 Å². The highest BCUT2D eigenvalue weighted by Gasteiger charge is 2.07. The summed E-state index contributed by atoms with van der Waals surface area (Å²) in [5.41, 5.74) is 0.850. The van der Waals surface area contributed by atoms with Crippen molar-refractivity contribution < 1.29 is 4.79 Å². The molecule has 0 aliphatic carbocycles. The van der Waals surface area contributed by atoms with Crippen molar-refractivity contribution in [3.63, 3.8) is 0 Å². The fourth-order valence-electron chi connectivity index (χ4n) is 1.02. The van der Waals surface area contributed by atoms with Crippen LogP contribution in [0.5, 0.6) is 0 Å². The van der Waals surface area contributed by atoms with Crippen LogP contribution in [0.1, 0.15) is 5.56 Å². The Hall–Kier alpha value is -1.71. The molecule has 0 atom stereocenters. The molecule has 12 heavy (non-hydrogen) atoms. The van der Waals surface area contributed by atoms with Gasteiger partial charge in [-0.05, 0) is 12.1 Å². The minimum absolute atomic E-state index is 0.173. The Balaban J connectivity index is 2.45. The predicted molar refractivity (Wildman–Crippen MR) is 45.3 cm³/mol. The molecule has 0 unspecified atom stereocenters. The van der Waals surface area contributed by atoms with Crippen LogP contribution in [-0.2, 0) is 4.79 Å². The lowest BCUT2D eigenvalue weighted by atomic mass is 10.3. The molecule has 4 nitrogen and oxygen atoms in total. The maximum atomic E-state index is 10.9. The summed E-state index contributed by atoms with van der Waals surface area (Å²) in [5.74, 6) is 0.542. The van der Waals surface area contributed by atoms with Gasteiger partial charge in [0.25, 0.3) is 5.91 Å². The summed E-state index contributed by atoms with van der Waals surface area (Å²) in [6.07, 6.45) is 3.21. The largest absolute Gasteiger partial charge is 0.360 e. The molecule has 1 aromatic rings. The number of amides is 1. The summed E-state index contributed by atoms with van der Waals surface area (Å²) in [4.78, 5) is 18.6. The van der Waals surface area contributed by atoms with E-state index in [1.807, 2.05) is 12.1 Å². The zero-order valence-electron chi connectivity index (χ0n) is 6.32. The normalized spacial score (nSPS) is 14.8. The Morgan fingerprint density at radius 1 is 1.50 bits per heavy atom. The molecule has 0 radical (unpaired) electrons. The molecule has 60 valence electrons. The van der Waals surface area contributed by atoms with Gasteiger partial charge < -0.3 is 5.32 Å². The van der Waals surface area contributed by atoms with Crippen molar-refractivity contribution in [3.05, 3.63) is 23.9 Å². The number of nitrogens with one attached hydrogen (secondary N) is 1. The van der Waals surface area contributed by atoms with E-state index >= 15 is 0 Å². The predicted octanol–water partition coefficient (Wildman–Crippen LogP) is 0.453. The molecule has 2 rings (SSSR count). The monoisotopic (exact) mass is 161 g/mol. The molecule has 1 aliphatic rings. The lowest BCUT2D eigenvalue weighted by Crippen LogP contribution is -2.10. The summed E-state index contributed by atoms with van der Waals surface area (Å²) >= 11 is 0. The number of carbonyl (C=O) groups excluding carboxylic acids is 1. The molecule has 1 aromatic heterocycles. The average Bonchev–Trinajstić information content (AvgIpc) is 2.29. The van der Waals surface area contributed by atoms with Crippen LogP contribution in [0.2, 0.25) is 0 Å². The number of nitrogens with zero attached hydrogens (tertiary/aromatic N) is 2. The number of rotatable bonds is 0. The number of anilines is 1. The molecule has 0 saturated carbocycles. The summed E-state index contributed by atoms with van der Waals surface area (Å²) in [7, 11) is 0. The second kappa shape index (κ2) is 2.73. The zero-order chi connectivity index (χ0) is 8.39. The molecule has 0 spiro atoms. The number of pyridine rings is 1. The van der Waals surface area contributed by atoms with E-state index in [4.69, 9.17) is 0 Å². The standard InChI is InChI=1S/C8H7N3O/c12-7-5-11-8-6(4-10-7)2-1-3-9-8/h1-4H,5H2,(H,9,11). The van der Waals surface area contributed by atoms with Crippen molar-refractivity contribution in [3.8, 4) is 0 Å². The Kier molecular flexibility index (Phi) is 1.59. The van der Waals surface area contributed by atoms with Crippen LogP contribution in [0.25, 0.3) is 0 Å². The Morgan fingerprint density at radius 3 is 3.33 bits per heavy atom. The first-order valence-electron chi connectivity index (χ1n) is 3.62. The van der Waals surface area contributed by atoms with Gasteiger partial charge in [0.05, 0.1) is 6.54 Å². The number of aliphatic imine (C=N–C) groups is 1. The number of hydrogen-bond acceptors (Lipinski definition) is 3. The van der Waals surface area contributed by atoms with E-state index in [0.717, 1.165) is 5.56 Å². The van der Waals surface area contributed by atoms with Gasteiger partial charge >= 0.3 is 0 Å². The average molecular weight is 161 g/mol. The van der Waals surface area contributed by atoms with Crippen LogP contribution in [-0.4, -0.2) is 23.7 Å². The summed E-state index contributed by atoms with van der Waals surface area (Å²) in [5, 5.41) is 2.89. The maximum absolute atomic E-state index is 10.9. The highest BCUT2D eigenvalue weighted by molar-refractivity contribution is 5.98. The molecule has 1 amide bonds. The van der Waals surface area contributed by atoms with Crippen molar-refractivity contribution in [1.29, 1.82) is 0 Å². The van der Waals surface area contributed by atoms with Gasteiger partial charge in [0, 0.05) is 18.0 Å². The first-order valence-corrected chi connectivity index (χ1v) is 3.62. The molecule has 2 heterocycles. The van der Waals surface area contributed by atoms with Gasteiger partial charge in [-0.15, -0.1) is 0 Å². The summed E-state index contributed by atoms with van der Waals surface area (Å²) < 4.78 is 0. The third-order valence-electron chi connectivity index (χ3n) is 1.59. The Bertz CT molecular complexity index is 346. The number of aromatic nitrogens is 1. The SMILES string of the molecule is O=C1CNc2ncccc2C=N1. The first-order chi connectivity index (χ1) is 5.86. The van der Waals surface area contributed by atoms with Gasteiger partial charge in [-0.3, -0.25) is 4.79 Å². The Labute approximate surface area is 69.3 Å². The molecular formula is C8H7N3O. The molecule has 0 aromatic carbocycles. The second-order valence-corrected chi connectivity index (χ2v) is 2.45. The number of hydrogen-bond donors (Lipinski definition) is 1. The quantitative estimate of drug-likeness (QED) is 0.601. The van der Waals surface area contributed by atoms with E-state index in [-0.39, 0.29) is 12.5 Å². The third-order valence-corrected chi connectivity index (χ3v) is 1.59. The second-order valence-electron chi connectivity index (χ2n) is 2.45. The summed E-state index contributed by atoms with van der Waals surface area (Å²) in [6, 6.07) is 3.67. The van der Waals surface area contributed by atoms with Crippen LogP contribution in [0.15, 0.2) is 23.3 Å². The molecular weight excluding hydrogens is 154 g/mol. The summed E-state index contributed by atoms with van der Waals surface area (Å²) in [6.45, 7) is 0.223. The lowest BCUT2D eigenvalue weighted by Gasteiger charge is -2.01. The van der Waals surface area contributed by atoms with Crippen LogP contribution in [0.4, 0.5) is 5.82 Å². The fourth-order valence-corrected chi connectivity index (χ4v) is 1.02. The third kappa shape index (κ3) is 1.18. The van der Waals surface area contributed by atoms with Crippen LogP contribution < -0.4 is 5.32 Å². The maximum Gasteiger partial charge on any atom is 0.264 e. The van der Waals surface area contributed by atoms with E-state index < -0.39 is 0 Å². The van der Waals surface area contributed by atoms with Crippen LogP contribution in [0.3, 0.4) is 0 Å². The van der Waals surface area contributed by atoms with Gasteiger partial charge in [0.1, 0.15) is 5.82 Å². The van der Waals surface area contributed by atoms with Gasteiger partial charge in [0.2, 0.25) is 0 Å². The smallest absolute Gasteiger partial charge is 0.264 e. The number of carbonyl (C=O) groups is 1. The van der Waals surface area contributed by atoms with E-state index in [1.165, 1.54) is 6.21 Å². The topological polar surface area (TPSA) is 54.4 Å². The van der Waals surface area contributed by atoms with Gasteiger partial charge in [-0.2, -0.15) is 0 Å². The minimum Gasteiger partial charge on any atom is -0.360 e. The van der Waals surface area contributed by atoms with E-state index in [9.17, 15) is 4.79 Å². The van der Waals surface area contributed by atoms with Gasteiger partial charge in [-0.1, -0.05) is 0 Å². The van der Waals surface area contributed by atoms with Crippen LogP contribution >= 0.6 is 0 Å². The van der Waals surface area contributed by atoms with E-state index in [0.29, 0.717) is 5.82 Å². The fraction of sp³-hybridized carbons (Fsp3) is 0.125. The van der Waals surface area contributed by atoms with E-state index in [1.54, 1.807) is 6.20 Å². The molecule has 0 saturated heterocycles. The molecule has 1 aliphatic heterocycles. The van der Waals surface area contributed by atoms with E-state index in [2.05, 4.69) is 15.3 Å². The number of fused-ring (bicyclic) bond motifs is 1. The molecule has 4 heteroatoms. The van der Waals surface area contributed by atoms with Gasteiger partial charge in [-0.25, -0.2) is 9.98 Å². The molecule has 0 fully saturated rings. The van der Waals surface area contributed by atoms with Crippen molar-refractivity contribution in [1.82, 2.24) is 4.98 Å². The van der Waals surface area contributed by atoms with Crippen molar-refractivity contribution in [2.45, 2.75) is 0 Å². The van der Waals surface area contributed by atoms with Crippen LogP contribution in [0, 0.1) is 0 Å². The van der Waals surface area contributed by atoms with Crippen molar-refractivity contribution >= 4 is 17.9 Å². The minimum atomic E-state index is -0.173. The van der Waals surface area contributed by atoms with Crippen molar-refractivity contribution in [2.24, 2.45) is 4.99 Å². The highest BCUT2D eigenvalue weighted by Crippen LogP contribution is 2.10. The Morgan fingerprint density at radius 2 is 2.42 bits per heavy atom. The molecule has 0 bridgehead atoms. The highest BCUT2D eigenvalue weighted by atomic mass is 16.1. The lowest BCUT2D eigenvalue weighted by molar-refractivity contribution is -0.116.